The standard InChI is InChI=1S/C74H139NO13/c1-3-5-7-9-11-13-15-17-19-21-23-25-26-27-28-29-30-31-32-33-34-35-36-38-39-41-43-45-47-49-51-53-55-57-63(78)62(61-85-73-71(84)69(82)72(65(60-77)87-73)88-74-70(83)68(81)67(80)64(59-76)86-74)75-66(79)58-56-54-52-50-48-46-44-42-40-37-24-22-20-18-16-14-12-10-8-6-4-2/h16,18,22,24,55,57,62-65,67-74,76-78,80-84H,3-15,17,19-21,23,25-54,56,58-61H2,1-2H3,(H,75,79)/b18-16-,24-22-,57-55+. The molecule has 2 fully saturated rings. The molecule has 2 heterocycles. The van der Waals surface area contributed by atoms with E-state index in [0.717, 1.165) is 51.4 Å². The lowest BCUT2D eigenvalue weighted by molar-refractivity contribution is -0.359. The Morgan fingerprint density at radius 3 is 1.14 bits per heavy atom. The number of carbonyl (C=O) groups excluding carboxylic acids is 1. The third kappa shape index (κ3) is 42.4. The SMILES string of the molecule is CCCCCCC/C=C\C/C=C\CCCCCCCCCCCC(=O)NC(COC1OC(CO)C(OC2OC(CO)C(O)C(O)C2O)C(O)C1O)C(O)/C=C/CCCCCCCCCCCCCCCCCCCCCCCCCCCCCCCCC. The predicted molar refractivity (Wildman–Crippen MR) is 360 cm³/mol. The highest BCUT2D eigenvalue weighted by Crippen LogP contribution is 2.30. The van der Waals surface area contributed by atoms with Crippen LogP contribution in [0.15, 0.2) is 36.5 Å². The van der Waals surface area contributed by atoms with Gasteiger partial charge in [-0.3, -0.25) is 4.79 Å². The van der Waals surface area contributed by atoms with Gasteiger partial charge in [-0.05, 0) is 51.4 Å². The maximum absolute atomic E-state index is 13.3. The molecule has 0 bridgehead atoms. The van der Waals surface area contributed by atoms with Crippen molar-refractivity contribution < 1.29 is 64.6 Å². The minimum Gasteiger partial charge on any atom is -0.394 e. The van der Waals surface area contributed by atoms with Gasteiger partial charge in [0.1, 0.15) is 48.8 Å². The van der Waals surface area contributed by atoms with E-state index >= 15 is 0 Å². The summed E-state index contributed by atoms with van der Waals surface area (Å²) in [6, 6.07) is -0.919. The molecule has 0 saturated carbocycles. The Hall–Kier alpha value is -1.79. The van der Waals surface area contributed by atoms with E-state index in [9.17, 15) is 45.6 Å². The molecule has 0 aromatic carbocycles. The van der Waals surface area contributed by atoms with E-state index in [1.807, 2.05) is 6.08 Å². The lowest BCUT2D eigenvalue weighted by Crippen LogP contribution is -2.65. The van der Waals surface area contributed by atoms with Gasteiger partial charge in [-0.15, -0.1) is 0 Å². The van der Waals surface area contributed by atoms with E-state index in [-0.39, 0.29) is 18.9 Å². The van der Waals surface area contributed by atoms with E-state index in [0.29, 0.717) is 6.42 Å². The van der Waals surface area contributed by atoms with Crippen LogP contribution in [0.3, 0.4) is 0 Å². The average Bonchev–Trinajstić information content (AvgIpc) is 2.01. The Kier molecular flexibility index (Phi) is 55.2. The number of aliphatic hydroxyl groups excluding tert-OH is 8. The highest BCUT2D eigenvalue weighted by molar-refractivity contribution is 5.76. The van der Waals surface area contributed by atoms with Gasteiger partial charge >= 0.3 is 0 Å². The van der Waals surface area contributed by atoms with Gasteiger partial charge in [-0.1, -0.05) is 314 Å². The van der Waals surface area contributed by atoms with Crippen molar-refractivity contribution >= 4 is 5.91 Å². The highest BCUT2D eigenvalue weighted by atomic mass is 16.7. The molecular formula is C74H139NO13. The Morgan fingerprint density at radius 2 is 0.750 bits per heavy atom. The van der Waals surface area contributed by atoms with Crippen LogP contribution in [-0.4, -0.2) is 140 Å². The summed E-state index contributed by atoms with van der Waals surface area (Å²) in [6.07, 6.45) is 59.3. The number of ether oxygens (including phenoxy) is 4. The Balaban J connectivity index is 1.64. The minimum atomic E-state index is -1.79. The predicted octanol–water partition coefficient (Wildman–Crippen LogP) is 15.7. The molecule has 12 unspecified atom stereocenters. The molecule has 1 amide bonds. The number of unbranched alkanes of at least 4 members (excludes halogenated alkanes) is 45. The van der Waals surface area contributed by atoms with Crippen LogP contribution in [0.25, 0.3) is 0 Å². The zero-order valence-electron chi connectivity index (χ0n) is 56.5. The molecule has 88 heavy (non-hydrogen) atoms. The molecule has 14 nitrogen and oxygen atoms in total. The van der Waals surface area contributed by atoms with Crippen molar-refractivity contribution in [3.63, 3.8) is 0 Å². The maximum atomic E-state index is 13.3. The van der Waals surface area contributed by atoms with Crippen LogP contribution in [0, 0.1) is 0 Å². The summed E-state index contributed by atoms with van der Waals surface area (Å²) in [5, 5.41) is 87.5. The molecule has 2 rings (SSSR count). The van der Waals surface area contributed by atoms with Crippen LogP contribution in [-0.2, 0) is 23.7 Å². The van der Waals surface area contributed by atoms with Gasteiger partial charge in [0.25, 0.3) is 0 Å². The zero-order chi connectivity index (χ0) is 63.8. The summed E-state index contributed by atoms with van der Waals surface area (Å²) in [5.74, 6) is -0.239. The summed E-state index contributed by atoms with van der Waals surface area (Å²) in [7, 11) is 0. The van der Waals surface area contributed by atoms with Gasteiger partial charge in [0, 0.05) is 6.42 Å². The van der Waals surface area contributed by atoms with Crippen LogP contribution >= 0.6 is 0 Å². The van der Waals surface area contributed by atoms with Crippen molar-refractivity contribution in [3.8, 4) is 0 Å². The van der Waals surface area contributed by atoms with Crippen molar-refractivity contribution in [1.82, 2.24) is 5.32 Å². The number of amides is 1. The topological polar surface area (TPSA) is 228 Å². The second-order valence-electron chi connectivity index (χ2n) is 26.4. The van der Waals surface area contributed by atoms with Gasteiger partial charge in [-0.25, -0.2) is 0 Å². The third-order valence-corrected chi connectivity index (χ3v) is 18.3. The number of allylic oxidation sites excluding steroid dienone is 5. The van der Waals surface area contributed by atoms with Crippen LogP contribution in [0.2, 0.25) is 0 Å². The highest BCUT2D eigenvalue weighted by Gasteiger charge is 2.51. The van der Waals surface area contributed by atoms with Crippen molar-refractivity contribution in [1.29, 1.82) is 0 Å². The molecule has 0 spiro atoms. The minimum absolute atomic E-state index is 0.239. The number of rotatable bonds is 62. The summed E-state index contributed by atoms with van der Waals surface area (Å²) in [5.41, 5.74) is 0. The lowest BCUT2D eigenvalue weighted by atomic mass is 9.97. The first-order chi connectivity index (χ1) is 43.1. The van der Waals surface area contributed by atoms with Gasteiger partial charge in [0.05, 0.1) is 32.0 Å². The summed E-state index contributed by atoms with van der Waals surface area (Å²) < 4.78 is 22.9. The summed E-state index contributed by atoms with van der Waals surface area (Å²) in [4.78, 5) is 13.3. The van der Waals surface area contributed by atoms with Crippen molar-refractivity contribution in [3.05, 3.63) is 36.5 Å². The van der Waals surface area contributed by atoms with Gasteiger partial charge in [0.2, 0.25) is 5.91 Å². The fourth-order valence-electron chi connectivity index (χ4n) is 12.4. The van der Waals surface area contributed by atoms with Crippen LogP contribution in [0.5, 0.6) is 0 Å². The van der Waals surface area contributed by atoms with Crippen molar-refractivity contribution in [2.45, 2.75) is 408 Å². The molecule has 2 aliphatic heterocycles. The molecule has 518 valence electrons. The molecular weight excluding hydrogens is 1110 g/mol. The number of nitrogens with one attached hydrogen (secondary N) is 1. The quantitative estimate of drug-likeness (QED) is 0.0204. The normalized spacial score (nSPS) is 23.3. The number of aliphatic hydroxyl groups is 8. The molecule has 2 saturated heterocycles. The number of hydrogen-bond acceptors (Lipinski definition) is 13. The van der Waals surface area contributed by atoms with Gasteiger partial charge in [0.15, 0.2) is 12.6 Å². The average molecular weight is 1250 g/mol. The Bertz CT molecular complexity index is 1620. The summed E-state index contributed by atoms with van der Waals surface area (Å²) >= 11 is 0. The molecule has 0 radical (unpaired) electrons. The second kappa shape index (κ2) is 59.0. The molecule has 0 aromatic rings. The van der Waals surface area contributed by atoms with E-state index in [1.54, 1.807) is 6.08 Å². The third-order valence-electron chi connectivity index (χ3n) is 18.3. The lowest BCUT2D eigenvalue weighted by Gasteiger charge is -2.46. The van der Waals surface area contributed by atoms with E-state index in [2.05, 4.69) is 43.5 Å². The van der Waals surface area contributed by atoms with Gasteiger partial charge in [-0.2, -0.15) is 0 Å². The van der Waals surface area contributed by atoms with Crippen LogP contribution in [0.1, 0.15) is 335 Å². The first kappa shape index (κ1) is 82.3. The fraction of sp³-hybridized carbons (Fsp3) is 0.905. The Labute approximate surface area is 538 Å². The Morgan fingerprint density at radius 1 is 0.409 bits per heavy atom. The van der Waals surface area contributed by atoms with Crippen molar-refractivity contribution in [2.24, 2.45) is 0 Å². The van der Waals surface area contributed by atoms with E-state index in [1.165, 1.54) is 257 Å². The summed E-state index contributed by atoms with van der Waals surface area (Å²) in [6.45, 7) is 2.83. The molecule has 9 N–H and O–H groups in total. The largest absolute Gasteiger partial charge is 0.394 e. The molecule has 0 aliphatic carbocycles. The fourth-order valence-corrected chi connectivity index (χ4v) is 12.4. The number of hydrogen-bond donors (Lipinski definition) is 9. The second-order valence-corrected chi connectivity index (χ2v) is 26.4. The molecule has 0 aromatic heterocycles. The zero-order valence-corrected chi connectivity index (χ0v) is 56.5. The van der Waals surface area contributed by atoms with Gasteiger partial charge < -0.3 is 65.1 Å². The van der Waals surface area contributed by atoms with Crippen LogP contribution < -0.4 is 5.32 Å². The number of carbonyl (C=O) groups is 1. The maximum Gasteiger partial charge on any atom is 0.220 e. The van der Waals surface area contributed by atoms with E-state index < -0.39 is 86.8 Å². The van der Waals surface area contributed by atoms with Crippen molar-refractivity contribution in [2.75, 3.05) is 19.8 Å². The first-order valence-electron chi connectivity index (χ1n) is 37.2. The first-order valence-corrected chi connectivity index (χ1v) is 37.2. The molecule has 2 aliphatic rings. The molecule has 14 heteroatoms. The smallest absolute Gasteiger partial charge is 0.220 e. The van der Waals surface area contributed by atoms with E-state index in [4.69, 9.17) is 18.9 Å². The molecule has 12 atom stereocenters. The van der Waals surface area contributed by atoms with Crippen LogP contribution in [0.4, 0.5) is 0 Å². The monoisotopic (exact) mass is 1250 g/mol.